The minimum Gasteiger partial charge on any atom is -0.351 e. The van der Waals surface area contributed by atoms with Gasteiger partial charge in [0.25, 0.3) is 5.91 Å². The highest BCUT2D eigenvalue weighted by molar-refractivity contribution is 5.80. The van der Waals surface area contributed by atoms with Gasteiger partial charge in [-0.15, -0.1) is 0 Å². The topological polar surface area (TPSA) is 98.4 Å². The van der Waals surface area contributed by atoms with Crippen LogP contribution in [0.1, 0.15) is 13.8 Å². The first-order chi connectivity index (χ1) is 8.00. The molecule has 0 saturated heterocycles. The van der Waals surface area contributed by atoms with E-state index < -0.39 is 4.92 Å². The molecule has 1 aromatic rings. The number of nitrogens with one attached hydrogen (secondary N) is 3. The lowest BCUT2D eigenvalue weighted by atomic mass is 10.3. The summed E-state index contributed by atoms with van der Waals surface area (Å²) in [6.07, 6.45) is 1.55. The van der Waals surface area contributed by atoms with Gasteiger partial charge in [0, 0.05) is 12.1 Å². The zero-order valence-electron chi connectivity index (χ0n) is 9.69. The number of anilines is 1. The predicted molar refractivity (Wildman–Crippen MR) is 61.4 cm³/mol. The molecular formula is C10H15N4O3+. The van der Waals surface area contributed by atoms with Crippen molar-refractivity contribution in [1.29, 1.82) is 0 Å². The van der Waals surface area contributed by atoms with Crippen LogP contribution < -0.4 is 15.6 Å². The summed E-state index contributed by atoms with van der Waals surface area (Å²) in [7, 11) is 0. The largest absolute Gasteiger partial charge is 0.357 e. The van der Waals surface area contributed by atoms with Gasteiger partial charge < -0.3 is 5.32 Å². The van der Waals surface area contributed by atoms with Crippen LogP contribution in [0, 0.1) is 10.1 Å². The zero-order valence-corrected chi connectivity index (χ0v) is 9.69. The normalized spacial score (nSPS) is 10.1. The third kappa shape index (κ3) is 4.06. The van der Waals surface area contributed by atoms with Crippen molar-refractivity contribution in [3.05, 3.63) is 28.4 Å². The van der Waals surface area contributed by atoms with E-state index in [-0.39, 0.29) is 30.0 Å². The summed E-state index contributed by atoms with van der Waals surface area (Å²) in [5.74, 6) is 0.00274. The van der Waals surface area contributed by atoms with Gasteiger partial charge in [0.15, 0.2) is 6.54 Å². The molecule has 0 aromatic carbocycles. The van der Waals surface area contributed by atoms with E-state index in [0.717, 1.165) is 0 Å². The van der Waals surface area contributed by atoms with Crippen LogP contribution in [0.15, 0.2) is 18.3 Å². The Morgan fingerprint density at radius 2 is 2.29 bits per heavy atom. The molecule has 1 amide bonds. The van der Waals surface area contributed by atoms with Gasteiger partial charge in [0.1, 0.15) is 0 Å². The number of amides is 1. The fourth-order valence-electron chi connectivity index (χ4n) is 1.26. The van der Waals surface area contributed by atoms with Crippen LogP contribution in [0.4, 0.5) is 11.5 Å². The fraction of sp³-hybridized carbons (Fsp3) is 0.400. The van der Waals surface area contributed by atoms with E-state index in [4.69, 9.17) is 0 Å². The maximum atomic E-state index is 11.4. The van der Waals surface area contributed by atoms with E-state index in [9.17, 15) is 14.9 Å². The Bertz CT molecular complexity index is 420. The van der Waals surface area contributed by atoms with E-state index >= 15 is 0 Å². The first-order valence-electron chi connectivity index (χ1n) is 5.19. The van der Waals surface area contributed by atoms with Crippen molar-refractivity contribution in [2.24, 2.45) is 0 Å². The molecular weight excluding hydrogens is 224 g/mol. The van der Waals surface area contributed by atoms with Gasteiger partial charge in [-0.25, -0.2) is 4.98 Å². The van der Waals surface area contributed by atoms with Gasteiger partial charge in [-0.05, 0) is 19.9 Å². The Balaban J connectivity index is 2.63. The van der Waals surface area contributed by atoms with Gasteiger partial charge in [-0.1, -0.05) is 0 Å². The maximum Gasteiger partial charge on any atom is 0.357 e. The van der Waals surface area contributed by atoms with E-state index in [1.165, 1.54) is 12.1 Å². The molecule has 17 heavy (non-hydrogen) atoms. The lowest BCUT2D eigenvalue weighted by Gasteiger charge is -2.06. The van der Waals surface area contributed by atoms with Crippen molar-refractivity contribution in [2.75, 3.05) is 11.9 Å². The highest BCUT2D eigenvalue weighted by atomic mass is 16.6. The van der Waals surface area contributed by atoms with Crippen molar-refractivity contribution < 1.29 is 14.7 Å². The monoisotopic (exact) mass is 239 g/mol. The van der Waals surface area contributed by atoms with E-state index in [1.54, 1.807) is 6.20 Å². The number of aromatic amines is 1. The molecule has 0 unspecified atom stereocenters. The number of carbonyl (C=O) groups is 1. The fourth-order valence-corrected chi connectivity index (χ4v) is 1.26. The highest BCUT2D eigenvalue weighted by Gasteiger charge is 2.20. The van der Waals surface area contributed by atoms with Crippen LogP contribution in [0.2, 0.25) is 0 Å². The second-order valence-electron chi connectivity index (χ2n) is 3.76. The molecule has 0 bridgehead atoms. The summed E-state index contributed by atoms with van der Waals surface area (Å²) in [6, 6.07) is 2.93. The predicted octanol–water partition coefficient (Wildman–Crippen LogP) is 0.345. The van der Waals surface area contributed by atoms with Gasteiger partial charge in [0.05, 0.1) is 11.1 Å². The van der Waals surface area contributed by atoms with Gasteiger partial charge >= 0.3 is 11.5 Å². The molecule has 7 heteroatoms. The average Bonchev–Trinajstić information content (AvgIpc) is 2.25. The molecule has 1 heterocycles. The number of H-pyrrole nitrogens is 1. The van der Waals surface area contributed by atoms with E-state index in [0.29, 0.717) is 0 Å². The number of aromatic nitrogens is 1. The molecule has 0 saturated carbocycles. The minimum atomic E-state index is -0.515. The number of hydrogen-bond acceptors (Lipinski definition) is 4. The van der Waals surface area contributed by atoms with Crippen molar-refractivity contribution in [3.63, 3.8) is 0 Å². The highest BCUT2D eigenvalue weighted by Crippen LogP contribution is 2.16. The SMILES string of the molecule is CC(C)NC(=O)CNc1[nH+]cccc1[N+](=O)[O-]. The second kappa shape index (κ2) is 5.78. The van der Waals surface area contributed by atoms with Gasteiger partial charge in [0.2, 0.25) is 0 Å². The van der Waals surface area contributed by atoms with Crippen LogP contribution in [0.5, 0.6) is 0 Å². The Hall–Kier alpha value is -2.18. The van der Waals surface area contributed by atoms with Crippen molar-refractivity contribution in [2.45, 2.75) is 19.9 Å². The Labute approximate surface area is 98.4 Å². The molecule has 0 aliphatic carbocycles. The van der Waals surface area contributed by atoms with Crippen LogP contribution in [0.25, 0.3) is 0 Å². The molecule has 0 radical (unpaired) electrons. The van der Waals surface area contributed by atoms with Crippen LogP contribution >= 0.6 is 0 Å². The van der Waals surface area contributed by atoms with Crippen LogP contribution in [-0.4, -0.2) is 23.4 Å². The molecule has 1 rings (SSSR count). The number of nitrogens with zero attached hydrogens (tertiary/aromatic N) is 1. The molecule has 3 N–H and O–H groups in total. The van der Waals surface area contributed by atoms with E-state index in [1.807, 2.05) is 13.8 Å². The second-order valence-corrected chi connectivity index (χ2v) is 3.76. The van der Waals surface area contributed by atoms with Crippen LogP contribution in [-0.2, 0) is 4.79 Å². The number of pyridine rings is 1. The number of rotatable bonds is 5. The van der Waals surface area contributed by atoms with E-state index in [2.05, 4.69) is 15.6 Å². The lowest BCUT2D eigenvalue weighted by molar-refractivity contribution is -0.409. The molecule has 0 aliphatic rings. The lowest BCUT2D eigenvalue weighted by Crippen LogP contribution is -2.35. The molecule has 0 fully saturated rings. The standard InChI is InChI=1S/C10H14N4O3/c1-7(2)13-9(15)6-12-10-8(14(16)17)4-3-5-11-10/h3-5,7H,6H2,1-2H3,(H,11,12)(H,13,15)/p+1. The summed E-state index contributed by atoms with van der Waals surface area (Å²) in [6.45, 7) is 3.67. The third-order valence-corrected chi connectivity index (χ3v) is 1.91. The molecule has 0 atom stereocenters. The molecule has 92 valence electrons. The maximum absolute atomic E-state index is 11.4. The smallest absolute Gasteiger partial charge is 0.351 e. The number of hydrogen-bond donors (Lipinski definition) is 2. The Morgan fingerprint density at radius 1 is 1.59 bits per heavy atom. The summed E-state index contributed by atoms with van der Waals surface area (Å²) < 4.78 is 0. The summed E-state index contributed by atoms with van der Waals surface area (Å²) >= 11 is 0. The minimum absolute atomic E-state index is 0.0144. The van der Waals surface area contributed by atoms with Gasteiger partial charge in [-0.2, -0.15) is 0 Å². The van der Waals surface area contributed by atoms with Gasteiger partial charge in [-0.3, -0.25) is 20.2 Å². The average molecular weight is 239 g/mol. The molecule has 7 nitrogen and oxygen atoms in total. The molecule has 0 aliphatic heterocycles. The molecule has 1 aromatic heterocycles. The Morgan fingerprint density at radius 3 is 2.88 bits per heavy atom. The molecule has 0 spiro atoms. The first kappa shape index (κ1) is 12.9. The summed E-state index contributed by atoms with van der Waals surface area (Å²) in [5, 5.41) is 16.1. The quantitative estimate of drug-likeness (QED) is 0.572. The zero-order chi connectivity index (χ0) is 12.8. The van der Waals surface area contributed by atoms with Crippen LogP contribution in [0.3, 0.4) is 0 Å². The number of carbonyl (C=O) groups excluding carboxylic acids is 1. The summed E-state index contributed by atoms with van der Waals surface area (Å²) in [4.78, 5) is 24.2. The van der Waals surface area contributed by atoms with Crippen molar-refractivity contribution in [3.8, 4) is 0 Å². The van der Waals surface area contributed by atoms with Crippen molar-refractivity contribution in [1.82, 2.24) is 5.32 Å². The summed E-state index contributed by atoms with van der Waals surface area (Å²) in [5.41, 5.74) is -0.0927. The number of nitro groups is 1. The first-order valence-corrected chi connectivity index (χ1v) is 5.19. The third-order valence-electron chi connectivity index (χ3n) is 1.91. The Kier molecular flexibility index (Phi) is 4.38. The van der Waals surface area contributed by atoms with Crippen molar-refractivity contribution >= 4 is 17.4 Å².